The Kier molecular flexibility index (Phi) is 6.96. The topological polar surface area (TPSA) is 52.6 Å². The molecule has 1 fully saturated rings. The predicted molar refractivity (Wildman–Crippen MR) is 83.0 cm³/mol. The molecule has 3 unspecified atom stereocenters. The van der Waals surface area contributed by atoms with Crippen molar-refractivity contribution in [2.24, 2.45) is 11.8 Å². The van der Waals surface area contributed by atoms with Crippen LogP contribution >= 0.6 is 0 Å². The summed E-state index contributed by atoms with van der Waals surface area (Å²) in [7, 11) is 0. The molecular weight excluding hydrogens is 252 g/mol. The first-order valence-corrected chi connectivity index (χ1v) is 8.08. The first-order chi connectivity index (χ1) is 9.37. The Morgan fingerprint density at radius 1 is 1.30 bits per heavy atom. The number of hydrogen-bond acceptors (Lipinski definition) is 3. The largest absolute Gasteiger partial charge is 0.480 e. The van der Waals surface area contributed by atoms with E-state index in [0.29, 0.717) is 13.0 Å². The lowest BCUT2D eigenvalue weighted by Crippen LogP contribution is -2.49. The van der Waals surface area contributed by atoms with Gasteiger partial charge in [0, 0.05) is 13.1 Å². The van der Waals surface area contributed by atoms with Gasteiger partial charge in [-0.25, -0.2) is 0 Å². The summed E-state index contributed by atoms with van der Waals surface area (Å²) in [4.78, 5) is 13.9. The van der Waals surface area contributed by atoms with Gasteiger partial charge in [-0.2, -0.15) is 0 Å². The molecule has 118 valence electrons. The highest BCUT2D eigenvalue weighted by atomic mass is 16.4. The molecule has 0 aromatic rings. The van der Waals surface area contributed by atoms with Crippen molar-refractivity contribution in [1.29, 1.82) is 0 Å². The van der Waals surface area contributed by atoms with Crippen LogP contribution in [0.2, 0.25) is 0 Å². The van der Waals surface area contributed by atoms with Gasteiger partial charge in [-0.1, -0.05) is 20.8 Å². The van der Waals surface area contributed by atoms with Crippen molar-refractivity contribution >= 4 is 5.97 Å². The summed E-state index contributed by atoms with van der Waals surface area (Å²) >= 11 is 0. The van der Waals surface area contributed by atoms with Crippen LogP contribution in [0.5, 0.6) is 0 Å². The minimum atomic E-state index is -0.767. The van der Waals surface area contributed by atoms with Crippen LogP contribution in [0.4, 0.5) is 0 Å². The molecule has 0 aromatic heterocycles. The normalized spacial score (nSPS) is 27.2. The Labute approximate surface area is 123 Å². The van der Waals surface area contributed by atoms with Crippen LogP contribution < -0.4 is 5.32 Å². The van der Waals surface area contributed by atoms with Gasteiger partial charge in [0.25, 0.3) is 0 Å². The maximum absolute atomic E-state index is 11.3. The molecule has 0 saturated carbocycles. The number of aliphatic carboxylic acids is 1. The lowest BCUT2D eigenvalue weighted by molar-refractivity contribution is -0.144. The van der Waals surface area contributed by atoms with Crippen molar-refractivity contribution in [2.75, 3.05) is 26.2 Å². The Morgan fingerprint density at radius 3 is 2.40 bits per heavy atom. The second-order valence-electron chi connectivity index (χ2n) is 6.83. The standard InChI is InChI=1S/C16H32N2O2/c1-5-17-16(4,15(19)20)8-6-7-9-18-11-13(2)10-14(3)12-18/h13-14,17H,5-12H2,1-4H3,(H,19,20). The minimum absolute atomic E-state index is 0.698. The molecule has 1 aliphatic rings. The van der Waals surface area contributed by atoms with E-state index >= 15 is 0 Å². The van der Waals surface area contributed by atoms with Crippen LogP contribution in [0.15, 0.2) is 0 Å². The van der Waals surface area contributed by atoms with Gasteiger partial charge in [0.2, 0.25) is 0 Å². The minimum Gasteiger partial charge on any atom is -0.480 e. The van der Waals surface area contributed by atoms with Crippen molar-refractivity contribution in [3.8, 4) is 0 Å². The van der Waals surface area contributed by atoms with Crippen LogP contribution in [0.3, 0.4) is 0 Å². The van der Waals surface area contributed by atoms with Gasteiger partial charge in [-0.3, -0.25) is 4.79 Å². The molecule has 0 bridgehead atoms. The molecule has 0 aliphatic carbocycles. The number of nitrogens with one attached hydrogen (secondary N) is 1. The molecule has 0 radical (unpaired) electrons. The molecule has 0 spiro atoms. The highest BCUT2D eigenvalue weighted by molar-refractivity contribution is 5.78. The second kappa shape index (κ2) is 7.99. The molecular formula is C16H32N2O2. The first kappa shape index (κ1) is 17.4. The molecule has 1 heterocycles. The van der Waals surface area contributed by atoms with E-state index in [9.17, 15) is 9.90 Å². The molecule has 3 atom stereocenters. The van der Waals surface area contributed by atoms with Crippen molar-refractivity contribution in [1.82, 2.24) is 10.2 Å². The smallest absolute Gasteiger partial charge is 0.323 e. The Morgan fingerprint density at radius 2 is 1.90 bits per heavy atom. The zero-order chi connectivity index (χ0) is 15.2. The van der Waals surface area contributed by atoms with Gasteiger partial charge in [-0.15, -0.1) is 0 Å². The third kappa shape index (κ3) is 5.41. The average molecular weight is 284 g/mol. The molecule has 0 amide bonds. The molecule has 1 aliphatic heterocycles. The van der Waals surface area contributed by atoms with Crippen molar-refractivity contribution in [2.45, 2.75) is 58.9 Å². The third-order valence-corrected chi connectivity index (χ3v) is 4.38. The Balaban J connectivity index is 2.28. The number of nitrogens with zero attached hydrogens (tertiary/aromatic N) is 1. The molecule has 20 heavy (non-hydrogen) atoms. The lowest BCUT2D eigenvalue weighted by Gasteiger charge is -2.35. The van der Waals surface area contributed by atoms with E-state index in [4.69, 9.17) is 0 Å². The molecule has 4 nitrogen and oxygen atoms in total. The van der Waals surface area contributed by atoms with Crippen LogP contribution in [-0.4, -0.2) is 47.7 Å². The quantitative estimate of drug-likeness (QED) is 0.673. The summed E-state index contributed by atoms with van der Waals surface area (Å²) in [6, 6.07) is 0. The van der Waals surface area contributed by atoms with Gasteiger partial charge >= 0.3 is 5.97 Å². The van der Waals surface area contributed by atoms with E-state index in [1.165, 1.54) is 19.5 Å². The van der Waals surface area contributed by atoms with Gasteiger partial charge in [0.1, 0.15) is 5.54 Å². The average Bonchev–Trinajstić information content (AvgIpc) is 2.33. The number of likely N-dealkylation sites (tertiary alicyclic amines) is 1. The number of rotatable bonds is 8. The number of likely N-dealkylation sites (N-methyl/N-ethyl adjacent to an activating group) is 1. The summed E-state index contributed by atoms with van der Waals surface area (Å²) in [5.41, 5.74) is -0.767. The molecule has 0 aromatic carbocycles. The zero-order valence-electron chi connectivity index (χ0n) is 13.6. The van der Waals surface area contributed by atoms with Gasteiger partial charge in [0.05, 0.1) is 0 Å². The third-order valence-electron chi connectivity index (χ3n) is 4.38. The number of carboxylic acid groups (broad SMARTS) is 1. The fourth-order valence-electron chi connectivity index (χ4n) is 3.45. The highest BCUT2D eigenvalue weighted by Gasteiger charge is 2.31. The van der Waals surface area contributed by atoms with Crippen LogP contribution in [0.1, 0.15) is 53.4 Å². The maximum atomic E-state index is 11.3. The number of unbranched alkanes of at least 4 members (excludes halogenated alkanes) is 1. The van der Waals surface area contributed by atoms with Gasteiger partial charge < -0.3 is 15.3 Å². The number of hydrogen-bond donors (Lipinski definition) is 2. The predicted octanol–water partition coefficient (Wildman–Crippen LogP) is 2.59. The fraction of sp³-hybridized carbons (Fsp3) is 0.938. The maximum Gasteiger partial charge on any atom is 0.323 e. The van der Waals surface area contributed by atoms with E-state index in [-0.39, 0.29) is 0 Å². The number of piperidine rings is 1. The molecule has 4 heteroatoms. The summed E-state index contributed by atoms with van der Waals surface area (Å²) in [5.74, 6) is 0.856. The van der Waals surface area contributed by atoms with E-state index in [0.717, 1.165) is 31.2 Å². The van der Waals surface area contributed by atoms with E-state index in [1.807, 2.05) is 6.92 Å². The Bertz CT molecular complexity index is 299. The lowest BCUT2D eigenvalue weighted by atomic mass is 9.91. The SMILES string of the molecule is CCNC(C)(CCCCN1CC(C)CC(C)C1)C(=O)O. The summed E-state index contributed by atoms with van der Waals surface area (Å²) < 4.78 is 0. The van der Waals surface area contributed by atoms with Crippen molar-refractivity contribution in [3.63, 3.8) is 0 Å². The summed E-state index contributed by atoms with van der Waals surface area (Å²) in [5, 5.41) is 12.4. The number of carbonyl (C=O) groups is 1. The molecule has 1 saturated heterocycles. The van der Waals surface area contributed by atoms with Gasteiger partial charge in [-0.05, 0) is 57.5 Å². The van der Waals surface area contributed by atoms with E-state index in [1.54, 1.807) is 6.92 Å². The number of carboxylic acids is 1. The molecule has 1 rings (SSSR count). The Hall–Kier alpha value is -0.610. The zero-order valence-corrected chi connectivity index (χ0v) is 13.6. The monoisotopic (exact) mass is 284 g/mol. The van der Waals surface area contributed by atoms with E-state index in [2.05, 4.69) is 24.1 Å². The fourth-order valence-corrected chi connectivity index (χ4v) is 3.45. The van der Waals surface area contributed by atoms with Crippen LogP contribution in [-0.2, 0) is 4.79 Å². The summed E-state index contributed by atoms with van der Waals surface area (Å²) in [6.07, 6.45) is 4.10. The van der Waals surface area contributed by atoms with E-state index < -0.39 is 11.5 Å². The second-order valence-corrected chi connectivity index (χ2v) is 6.83. The summed E-state index contributed by atoms with van der Waals surface area (Å²) in [6.45, 7) is 12.6. The first-order valence-electron chi connectivity index (χ1n) is 8.08. The van der Waals surface area contributed by atoms with Crippen LogP contribution in [0, 0.1) is 11.8 Å². The van der Waals surface area contributed by atoms with Crippen molar-refractivity contribution in [3.05, 3.63) is 0 Å². The van der Waals surface area contributed by atoms with Gasteiger partial charge in [0.15, 0.2) is 0 Å². The molecule has 2 N–H and O–H groups in total. The van der Waals surface area contributed by atoms with Crippen molar-refractivity contribution < 1.29 is 9.90 Å². The van der Waals surface area contributed by atoms with Crippen LogP contribution in [0.25, 0.3) is 0 Å². The highest BCUT2D eigenvalue weighted by Crippen LogP contribution is 2.22.